The Bertz CT molecular complexity index is 811. The Hall–Kier alpha value is -1.59. The van der Waals surface area contributed by atoms with Crippen molar-refractivity contribution in [1.82, 2.24) is 0 Å². The summed E-state index contributed by atoms with van der Waals surface area (Å²) in [7, 11) is 0. The third-order valence-corrected chi connectivity index (χ3v) is 10.8. The SMILES string of the molecule is CCCCCCCCCCCCC(=O)OC[C@@H](COC(=O)CCCCCCC)OC(=O)CCCCCCCCCCCCCCCCCCCCC(C)C. The highest BCUT2D eigenvalue weighted by molar-refractivity contribution is 5.71. The Morgan fingerprint density at radius 3 is 0.907 bits per heavy atom. The molecule has 6 heteroatoms. The smallest absolute Gasteiger partial charge is 0.306 e. The molecular weight excluding hydrogens is 673 g/mol. The van der Waals surface area contributed by atoms with Crippen LogP contribution in [0.1, 0.15) is 265 Å². The number of hydrogen-bond acceptors (Lipinski definition) is 6. The number of rotatable bonds is 43. The fraction of sp³-hybridized carbons (Fsp3) is 0.938. The molecule has 6 nitrogen and oxygen atoms in total. The first-order chi connectivity index (χ1) is 26.4. The fourth-order valence-electron chi connectivity index (χ4n) is 7.16. The molecule has 0 bridgehead atoms. The Balaban J connectivity index is 4.06. The van der Waals surface area contributed by atoms with Gasteiger partial charge < -0.3 is 14.2 Å². The maximum Gasteiger partial charge on any atom is 0.306 e. The summed E-state index contributed by atoms with van der Waals surface area (Å²) in [6, 6.07) is 0. The van der Waals surface area contributed by atoms with E-state index in [0.717, 1.165) is 70.1 Å². The Morgan fingerprint density at radius 1 is 0.352 bits per heavy atom. The van der Waals surface area contributed by atoms with E-state index in [1.54, 1.807) is 0 Å². The molecule has 0 aliphatic heterocycles. The minimum atomic E-state index is -0.757. The molecule has 0 aromatic rings. The summed E-state index contributed by atoms with van der Waals surface area (Å²) in [6.45, 7) is 8.94. The molecule has 0 aromatic carbocycles. The normalized spacial score (nSPS) is 11.9. The molecule has 0 aliphatic rings. The minimum Gasteiger partial charge on any atom is -0.462 e. The van der Waals surface area contributed by atoms with Gasteiger partial charge in [-0.15, -0.1) is 0 Å². The van der Waals surface area contributed by atoms with Crippen molar-refractivity contribution in [3.05, 3.63) is 0 Å². The van der Waals surface area contributed by atoms with Gasteiger partial charge in [-0.3, -0.25) is 14.4 Å². The number of hydrogen-bond donors (Lipinski definition) is 0. The summed E-state index contributed by atoms with van der Waals surface area (Å²) in [4.78, 5) is 37.4. The molecule has 1 atom stereocenters. The zero-order valence-corrected chi connectivity index (χ0v) is 36.7. The van der Waals surface area contributed by atoms with Crippen LogP contribution in [0.2, 0.25) is 0 Å². The van der Waals surface area contributed by atoms with Crippen LogP contribution in [-0.2, 0) is 28.6 Å². The lowest BCUT2D eigenvalue weighted by Crippen LogP contribution is -2.30. The van der Waals surface area contributed by atoms with Crippen LogP contribution in [0.3, 0.4) is 0 Å². The Labute approximate surface area is 336 Å². The van der Waals surface area contributed by atoms with Gasteiger partial charge in [-0.1, -0.05) is 227 Å². The number of ether oxygens (including phenoxy) is 3. The van der Waals surface area contributed by atoms with Crippen molar-refractivity contribution in [2.45, 2.75) is 271 Å². The van der Waals surface area contributed by atoms with Crippen LogP contribution in [0, 0.1) is 5.92 Å². The van der Waals surface area contributed by atoms with Crippen molar-refractivity contribution in [1.29, 1.82) is 0 Å². The van der Waals surface area contributed by atoms with E-state index in [9.17, 15) is 14.4 Å². The van der Waals surface area contributed by atoms with Gasteiger partial charge in [0.1, 0.15) is 13.2 Å². The van der Waals surface area contributed by atoms with E-state index in [2.05, 4.69) is 27.7 Å². The highest BCUT2D eigenvalue weighted by atomic mass is 16.6. The van der Waals surface area contributed by atoms with Crippen LogP contribution in [0.4, 0.5) is 0 Å². The quantitative estimate of drug-likeness (QED) is 0.0349. The molecule has 54 heavy (non-hydrogen) atoms. The van der Waals surface area contributed by atoms with Crippen molar-refractivity contribution in [3.8, 4) is 0 Å². The molecule has 0 aromatic heterocycles. The molecule has 0 spiro atoms. The van der Waals surface area contributed by atoms with Gasteiger partial charge in [-0.25, -0.2) is 0 Å². The monoisotopic (exact) mass is 765 g/mol. The number of unbranched alkanes of at least 4 members (excludes halogenated alkanes) is 30. The molecule has 0 fully saturated rings. The standard InChI is InChI=1S/C48H92O6/c1-5-7-9-11-12-13-25-28-32-36-40-47(50)53-43-45(42-52-46(49)39-35-30-10-8-6-2)54-48(51)41-37-33-29-26-23-21-19-17-15-14-16-18-20-22-24-27-31-34-38-44(3)4/h44-45H,5-43H2,1-4H3/t45-/m1/s1. The summed E-state index contributed by atoms with van der Waals surface area (Å²) in [6.07, 6.45) is 42.7. The first-order valence-corrected chi connectivity index (χ1v) is 23.9. The lowest BCUT2D eigenvalue weighted by molar-refractivity contribution is -0.167. The number of carbonyl (C=O) groups excluding carboxylic acids is 3. The highest BCUT2D eigenvalue weighted by Gasteiger charge is 2.19. The van der Waals surface area contributed by atoms with Crippen LogP contribution in [-0.4, -0.2) is 37.2 Å². The predicted molar refractivity (Wildman–Crippen MR) is 229 cm³/mol. The molecule has 0 amide bonds. The van der Waals surface area contributed by atoms with E-state index in [1.807, 2.05) is 0 Å². The topological polar surface area (TPSA) is 78.9 Å². The summed E-state index contributed by atoms with van der Waals surface area (Å²) < 4.78 is 16.6. The van der Waals surface area contributed by atoms with Gasteiger partial charge >= 0.3 is 17.9 Å². The summed E-state index contributed by atoms with van der Waals surface area (Å²) >= 11 is 0. The average molecular weight is 765 g/mol. The van der Waals surface area contributed by atoms with E-state index in [-0.39, 0.29) is 31.1 Å². The van der Waals surface area contributed by atoms with E-state index in [0.29, 0.717) is 19.3 Å². The van der Waals surface area contributed by atoms with E-state index < -0.39 is 6.10 Å². The van der Waals surface area contributed by atoms with Crippen molar-refractivity contribution in [2.24, 2.45) is 5.92 Å². The van der Waals surface area contributed by atoms with Crippen LogP contribution in [0.5, 0.6) is 0 Å². The molecular formula is C48H92O6. The molecule has 0 rings (SSSR count). The van der Waals surface area contributed by atoms with Crippen LogP contribution in [0.15, 0.2) is 0 Å². The second kappa shape index (κ2) is 42.6. The lowest BCUT2D eigenvalue weighted by Gasteiger charge is -2.18. The molecule has 0 saturated heterocycles. The zero-order chi connectivity index (χ0) is 39.6. The Kier molecular flexibility index (Phi) is 41.3. The second-order valence-electron chi connectivity index (χ2n) is 16.9. The van der Waals surface area contributed by atoms with Gasteiger partial charge in [0.2, 0.25) is 0 Å². The number of esters is 3. The largest absolute Gasteiger partial charge is 0.462 e. The van der Waals surface area contributed by atoms with Gasteiger partial charge in [0, 0.05) is 19.3 Å². The summed E-state index contributed by atoms with van der Waals surface area (Å²) in [5, 5.41) is 0. The van der Waals surface area contributed by atoms with Crippen molar-refractivity contribution < 1.29 is 28.6 Å². The lowest BCUT2D eigenvalue weighted by atomic mass is 10.0. The molecule has 0 unspecified atom stereocenters. The average Bonchev–Trinajstić information content (AvgIpc) is 3.15. The van der Waals surface area contributed by atoms with Crippen molar-refractivity contribution >= 4 is 17.9 Å². The highest BCUT2D eigenvalue weighted by Crippen LogP contribution is 2.17. The van der Waals surface area contributed by atoms with Gasteiger partial charge in [0.25, 0.3) is 0 Å². The van der Waals surface area contributed by atoms with Crippen molar-refractivity contribution in [3.63, 3.8) is 0 Å². The first kappa shape index (κ1) is 52.4. The predicted octanol–water partition coefficient (Wildman–Crippen LogP) is 15.1. The molecule has 0 aliphatic carbocycles. The molecule has 0 radical (unpaired) electrons. The van der Waals surface area contributed by atoms with Crippen LogP contribution >= 0.6 is 0 Å². The minimum absolute atomic E-state index is 0.0646. The second-order valence-corrected chi connectivity index (χ2v) is 16.9. The van der Waals surface area contributed by atoms with Gasteiger partial charge in [-0.05, 0) is 25.2 Å². The summed E-state index contributed by atoms with van der Waals surface area (Å²) in [5.74, 6) is -0.00869. The molecule has 320 valence electrons. The Morgan fingerprint density at radius 2 is 0.611 bits per heavy atom. The third kappa shape index (κ3) is 41.6. The fourth-order valence-corrected chi connectivity index (χ4v) is 7.16. The van der Waals surface area contributed by atoms with E-state index in [1.165, 1.54) is 154 Å². The van der Waals surface area contributed by atoms with Crippen LogP contribution in [0.25, 0.3) is 0 Å². The van der Waals surface area contributed by atoms with Gasteiger partial charge in [0.05, 0.1) is 0 Å². The van der Waals surface area contributed by atoms with Crippen molar-refractivity contribution in [2.75, 3.05) is 13.2 Å². The van der Waals surface area contributed by atoms with E-state index >= 15 is 0 Å². The molecule has 0 N–H and O–H groups in total. The maximum absolute atomic E-state index is 12.7. The first-order valence-electron chi connectivity index (χ1n) is 23.9. The summed E-state index contributed by atoms with van der Waals surface area (Å²) in [5.41, 5.74) is 0. The van der Waals surface area contributed by atoms with Gasteiger partial charge in [0.15, 0.2) is 6.10 Å². The third-order valence-electron chi connectivity index (χ3n) is 10.8. The van der Waals surface area contributed by atoms with E-state index in [4.69, 9.17) is 14.2 Å². The maximum atomic E-state index is 12.7. The molecule has 0 saturated carbocycles. The number of carbonyl (C=O) groups is 3. The van der Waals surface area contributed by atoms with Gasteiger partial charge in [-0.2, -0.15) is 0 Å². The molecule has 0 heterocycles. The zero-order valence-electron chi connectivity index (χ0n) is 36.7. The van der Waals surface area contributed by atoms with Crippen LogP contribution < -0.4 is 0 Å².